The highest BCUT2D eigenvalue weighted by molar-refractivity contribution is 7.80. The zero-order valence-corrected chi connectivity index (χ0v) is 15.3. The molecule has 3 rings (SSSR count). The fraction of sp³-hybridized carbons (Fsp3) is 0.235. The van der Waals surface area contributed by atoms with Crippen LogP contribution in [0.4, 0.5) is 5.00 Å². The molecule has 2 N–H and O–H groups in total. The number of hydrogen-bond donors (Lipinski definition) is 2. The molecular weight excluding hydrogens is 358 g/mol. The second-order valence-electron chi connectivity index (χ2n) is 5.37. The number of thiophene rings is 1. The van der Waals surface area contributed by atoms with E-state index in [1.807, 2.05) is 13.8 Å². The maximum atomic E-state index is 12.4. The first kappa shape index (κ1) is 17.2. The fourth-order valence-electron chi connectivity index (χ4n) is 2.34. The predicted molar refractivity (Wildman–Crippen MR) is 99.6 cm³/mol. The average molecular weight is 373 g/mol. The number of thiocarbonyl (C=S) groups is 1. The molecule has 0 atom stereocenters. The molecule has 128 valence electrons. The molecule has 2 heterocycles. The van der Waals surface area contributed by atoms with Gasteiger partial charge >= 0.3 is 0 Å². The van der Waals surface area contributed by atoms with Crippen molar-refractivity contribution in [2.45, 2.75) is 13.8 Å². The lowest BCUT2D eigenvalue weighted by Crippen LogP contribution is -2.34. The Bertz CT molecular complexity index is 899. The smallest absolute Gasteiger partial charge is 0.257 e. The number of carbonyl (C=O) groups is 1. The van der Waals surface area contributed by atoms with Crippen molar-refractivity contribution < 1.29 is 14.3 Å². The summed E-state index contributed by atoms with van der Waals surface area (Å²) in [6.45, 7) is 4.76. The van der Waals surface area contributed by atoms with Crippen LogP contribution in [0.2, 0.25) is 0 Å². The number of anilines is 1. The summed E-state index contributed by atoms with van der Waals surface area (Å²) in [4.78, 5) is 13.4. The Morgan fingerprint density at radius 3 is 2.72 bits per heavy atom. The van der Waals surface area contributed by atoms with Gasteiger partial charge < -0.3 is 14.8 Å². The summed E-state index contributed by atoms with van der Waals surface area (Å²) < 4.78 is 10.9. The van der Waals surface area contributed by atoms with Gasteiger partial charge in [0.05, 0.1) is 5.56 Å². The minimum Gasteiger partial charge on any atom is -0.486 e. The highest BCUT2D eigenvalue weighted by Crippen LogP contribution is 2.32. The third-order valence-electron chi connectivity index (χ3n) is 3.76. The first-order valence-electron chi connectivity index (χ1n) is 7.51. The number of carbonyl (C=O) groups excluding carboxylic acids is 1. The second kappa shape index (κ2) is 7.09. The van der Waals surface area contributed by atoms with Gasteiger partial charge in [-0.25, -0.2) is 0 Å². The van der Waals surface area contributed by atoms with Crippen LogP contribution in [0.5, 0.6) is 11.5 Å². The number of hydrogen-bond acceptors (Lipinski definition) is 6. The van der Waals surface area contributed by atoms with Crippen molar-refractivity contribution in [3.05, 3.63) is 39.8 Å². The number of rotatable bonds is 2. The van der Waals surface area contributed by atoms with E-state index in [4.69, 9.17) is 21.7 Å². The Hall–Kier alpha value is -2.63. The normalized spacial score (nSPS) is 12.2. The van der Waals surface area contributed by atoms with E-state index in [0.29, 0.717) is 40.8 Å². The van der Waals surface area contributed by atoms with E-state index < -0.39 is 0 Å². The van der Waals surface area contributed by atoms with Gasteiger partial charge in [0.1, 0.15) is 24.3 Å². The number of amides is 1. The number of aryl methyl sites for hydroxylation is 1. The summed E-state index contributed by atoms with van der Waals surface area (Å²) in [7, 11) is 0. The van der Waals surface area contributed by atoms with Gasteiger partial charge in [-0.1, -0.05) is 0 Å². The van der Waals surface area contributed by atoms with E-state index in [-0.39, 0.29) is 11.0 Å². The van der Waals surface area contributed by atoms with Gasteiger partial charge in [0.15, 0.2) is 16.6 Å². The highest BCUT2D eigenvalue weighted by Gasteiger charge is 2.17. The van der Waals surface area contributed by atoms with Gasteiger partial charge in [0.25, 0.3) is 5.91 Å². The third-order valence-corrected chi connectivity index (χ3v) is 5.08. The molecule has 1 amide bonds. The third kappa shape index (κ3) is 3.57. The molecule has 0 aliphatic carbocycles. The lowest BCUT2D eigenvalue weighted by atomic mass is 10.2. The minimum atomic E-state index is -0.363. The molecule has 0 saturated carbocycles. The Balaban J connectivity index is 1.70. The van der Waals surface area contributed by atoms with Crippen LogP contribution in [0.15, 0.2) is 18.2 Å². The van der Waals surface area contributed by atoms with Crippen molar-refractivity contribution in [2.75, 3.05) is 18.5 Å². The Labute approximate surface area is 154 Å². The van der Waals surface area contributed by atoms with E-state index >= 15 is 0 Å². The Morgan fingerprint density at radius 2 is 2.00 bits per heavy atom. The molecular formula is C17H15N3O3S2. The number of ether oxygens (including phenoxy) is 2. The molecule has 8 heteroatoms. The van der Waals surface area contributed by atoms with Crippen molar-refractivity contribution in [1.82, 2.24) is 5.32 Å². The topological polar surface area (TPSA) is 83.4 Å². The number of fused-ring (bicyclic) bond motifs is 1. The van der Waals surface area contributed by atoms with Gasteiger partial charge in [-0.3, -0.25) is 10.1 Å². The average Bonchev–Trinajstić information content (AvgIpc) is 2.87. The molecule has 0 spiro atoms. The molecule has 25 heavy (non-hydrogen) atoms. The van der Waals surface area contributed by atoms with E-state index in [0.717, 1.165) is 10.4 Å². The zero-order valence-electron chi connectivity index (χ0n) is 13.6. The molecule has 2 aromatic rings. The van der Waals surface area contributed by atoms with E-state index in [9.17, 15) is 10.1 Å². The van der Waals surface area contributed by atoms with Crippen LogP contribution >= 0.6 is 23.6 Å². The lowest BCUT2D eigenvalue weighted by Gasteiger charge is -2.18. The molecule has 1 aliphatic heterocycles. The van der Waals surface area contributed by atoms with Crippen molar-refractivity contribution in [2.24, 2.45) is 0 Å². The van der Waals surface area contributed by atoms with Gasteiger partial charge in [-0.2, -0.15) is 5.26 Å². The summed E-state index contributed by atoms with van der Waals surface area (Å²) in [6, 6.07) is 7.11. The zero-order chi connectivity index (χ0) is 18.0. The minimum absolute atomic E-state index is 0.137. The van der Waals surface area contributed by atoms with Crippen LogP contribution in [-0.4, -0.2) is 24.2 Å². The monoisotopic (exact) mass is 373 g/mol. The quantitative estimate of drug-likeness (QED) is 0.787. The van der Waals surface area contributed by atoms with E-state index in [1.54, 1.807) is 18.2 Å². The summed E-state index contributed by atoms with van der Waals surface area (Å²) in [5, 5.41) is 15.6. The number of nitriles is 1. The number of nitrogens with one attached hydrogen (secondary N) is 2. The van der Waals surface area contributed by atoms with Crippen LogP contribution in [0, 0.1) is 25.2 Å². The van der Waals surface area contributed by atoms with Gasteiger partial charge in [-0.05, 0) is 49.8 Å². The predicted octanol–water partition coefficient (Wildman–Crippen LogP) is 3.13. The summed E-state index contributed by atoms with van der Waals surface area (Å²) >= 11 is 6.62. The molecule has 6 nitrogen and oxygen atoms in total. The SMILES string of the molecule is Cc1sc(NC(=S)NC(=O)c2ccc3c(c2)OCCO3)c(C#N)c1C. The van der Waals surface area contributed by atoms with Crippen molar-refractivity contribution in [3.63, 3.8) is 0 Å². The van der Waals surface area contributed by atoms with Crippen LogP contribution in [0.3, 0.4) is 0 Å². The standard InChI is InChI=1S/C17H15N3O3S2/c1-9-10(2)25-16(12(9)8-18)20-17(24)19-15(21)11-3-4-13-14(7-11)23-6-5-22-13/h3-4,7H,5-6H2,1-2H3,(H2,19,20,21,24). The first-order valence-corrected chi connectivity index (χ1v) is 8.74. The fourth-order valence-corrected chi connectivity index (χ4v) is 3.62. The van der Waals surface area contributed by atoms with E-state index in [2.05, 4.69) is 16.7 Å². The summed E-state index contributed by atoms with van der Waals surface area (Å²) in [6.07, 6.45) is 0. The van der Waals surface area contributed by atoms with Crippen molar-refractivity contribution in [1.29, 1.82) is 5.26 Å². The molecule has 1 aromatic carbocycles. The lowest BCUT2D eigenvalue weighted by molar-refractivity contribution is 0.0976. The van der Waals surface area contributed by atoms with E-state index in [1.165, 1.54) is 11.3 Å². The maximum absolute atomic E-state index is 12.4. The van der Waals surface area contributed by atoms with Crippen molar-refractivity contribution in [3.8, 4) is 17.6 Å². The highest BCUT2D eigenvalue weighted by atomic mass is 32.1. The molecule has 0 fully saturated rings. The summed E-state index contributed by atoms with van der Waals surface area (Å²) in [5.74, 6) is 0.790. The largest absolute Gasteiger partial charge is 0.486 e. The van der Waals surface area contributed by atoms with Crippen LogP contribution in [-0.2, 0) is 0 Å². The number of benzene rings is 1. The Kier molecular flexibility index (Phi) is 4.88. The Morgan fingerprint density at radius 1 is 1.28 bits per heavy atom. The number of nitrogens with zero attached hydrogens (tertiary/aromatic N) is 1. The van der Waals surface area contributed by atoms with Crippen LogP contribution < -0.4 is 20.1 Å². The van der Waals surface area contributed by atoms with Crippen LogP contribution in [0.25, 0.3) is 0 Å². The maximum Gasteiger partial charge on any atom is 0.257 e. The molecule has 1 aliphatic rings. The van der Waals surface area contributed by atoms with Gasteiger partial charge in [0.2, 0.25) is 0 Å². The molecule has 0 radical (unpaired) electrons. The molecule has 1 aromatic heterocycles. The van der Waals surface area contributed by atoms with Gasteiger partial charge in [0, 0.05) is 10.4 Å². The summed E-state index contributed by atoms with van der Waals surface area (Å²) in [5.41, 5.74) is 1.86. The van der Waals surface area contributed by atoms with Crippen LogP contribution in [0.1, 0.15) is 26.4 Å². The second-order valence-corrected chi connectivity index (χ2v) is 7.00. The first-order chi connectivity index (χ1) is 12.0. The van der Waals surface area contributed by atoms with Crippen molar-refractivity contribution >= 4 is 39.6 Å². The molecule has 0 unspecified atom stereocenters. The van der Waals surface area contributed by atoms with Gasteiger partial charge in [-0.15, -0.1) is 11.3 Å². The molecule has 0 saturated heterocycles. The molecule has 0 bridgehead atoms.